The number of nitrogens with zero attached hydrogens (tertiary/aromatic N) is 1. The molecule has 122 valence electrons. The van der Waals surface area contributed by atoms with Gasteiger partial charge in [-0.2, -0.15) is 0 Å². The molecule has 1 aliphatic heterocycles. The summed E-state index contributed by atoms with van der Waals surface area (Å²) >= 11 is 13.2. The van der Waals surface area contributed by atoms with Gasteiger partial charge in [0.2, 0.25) is 0 Å². The lowest BCUT2D eigenvalue weighted by Gasteiger charge is -2.35. The molecule has 1 N–H and O–H groups in total. The first-order valence-corrected chi connectivity index (χ1v) is 8.80. The highest BCUT2D eigenvalue weighted by atomic mass is 35.5. The number of hydrogen-bond donors (Lipinski definition) is 1. The molecular formula is C16H15Cl2NO3S. The van der Waals surface area contributed by atoms with E-state index in [1.807, 2.05) is 0 Å². The van der Waals surface area contributed by atoms with Gasteiger partial charge in [0.1, 0.15) is 22.8 Å². The van der Waals surface area contributed by atoms with Gasteiger partial charge in [0.15, 0.2) is 0 Å². The summed E-state index contributed by atoms with van der Waals surface area (Å²) in [7, 11) is 0. The van der Waals surface area contributed by atoms with Gasteiger partial charge in [0.05, 0.1) is 11.6 Å². The summed E-state index contributed by atoms with van der Waals surface area (Å²) in [5, 5.41) is 13.2. The van der Waals surface area contributed by atoms with Gasteiger partial charge in [0, 0.05) is 18.0 Å². The van der Waals surface area contributed by atoms with Crippen molar-refractivity contribution in [1.82, 2.24) is 4.90 Å². The van der Waals surface area contributed by atoms with E-state index >= 15 is 0 Å². The Kier molecular flexibility index (Phi) is 5.11. The predicted octanol–water partition coefficient (Wildman–Crippen LogP) is 3.71. The van der Waals surface area contributed by atoms with Crippen molar-refractivity contribution in [3.63, 3.8) is 0 Å². The van der Waals surface area contributed by atoms with Crippen LogP contribution in [-0.4, -0.2) is 41.2 Å². The number of ether oxygens (including phenoxy) is 1. The Hall–Kier alpha value is -1.27. The van der Waals surface area contributed by atoms with Crippen LogP contribution in [0.5, 0.6) is 5.75 Å². The number of aliphatic hydroxyl groups is 1. The first-order valence-electron chi connectivity index (χ1n) is 7.17. The number of thiophene rings is 1. The van der Waals surface area contributed by atoms with Gasteiger partial charge in [-0.3, -0.25) is 4.79 Å². The molecular weight excluding hydrogens is 357 g/mol. The second-order valence-electron chi connectivity index (χ2n) is 5.32. The lowest BCUT2D eigenvalue weighted by Crippen LogP contribution is -2.50. The van der Waals surface area contributed by atoms with Gasteiger partial charge in [-0.15, -0.1) is 11.3 Å². The number of β-amino-alcohol motifs (C(OH)–C–C–N with tert-alkyl or cyclic N) is 1. The van der Waals surface area contributed by atoms with Crippen molar-refractivity contribution in [3.05, 3.63) is 50.6 Å². The lowest BCUT2D eigenvalue weighted by atomic mass is 10.0. The van der Waals surface area contributed by atoms with E-state index in [0.717, 1.165) is 0 Å². The fraction of sp³-hybridized carbons (Fsp3) is 0.312. The third kappa shape index (κ3) is 3.80. The molecule has 0 saturated carbocycles. The number of hydrogen-bond acceptors (Lipinski definition) is 4. The molecule has 2 heterocycles. The van der Waals surface area contributed by atoms with E-state index in [9.17, 15) is 9.90 Å². The van der Waals surface area contributed by atoms with E-state index in [4.69, 9.17) is 27.9 Å². The van der Waals surface area contributed by atoms with Crippen molar-refractivity contribution < 1.29 is 14.6 Å². The molecule has 1 fully saturated rings. The smallest absolute Gasteiger partial charge is 0.265 e. The molecule has 7 heteroatoms. The third-order valence-electron chi connectivity index (χ3n) is 3.72. The molecule has 0 spiro atoms. The average molecular weight is 372 g/mol. The Morgan fingerprint density at radius 1 is 1.26 bits per heavy atom. The molecule has 1 aromatic carbocycles. The van der Waals surface area contributed by atoms with Crippen molar-refractivity contribution in [2.45, 2.75) is 18.6 Å². The molecule has 1 amide bonds. The topological polar surface area (TPSA) is 49.8 Å². The maximum atomic E-state index is 12.4. The van der Waals surface area contributed by atoms with Gasteiger partial charge in [-0.25, -0.2) is 0 Å². The summed E-state index contributed by atoms with van der Waals surface area (Å²) in [6.45, 7) is 0.744. The highest BCUT2D eigenvalue weighted by Gasteiger charge is 2.32. The summed E-state index contributed by atoms with van der Waals surface area (Å²) < 4.78 is 5.79. The Labute approximate surface area is 148 Å². The predicted molar refractivity (Wildman–Crippen MR) is 91.7 cm³/mol. The monoisotopic (exact) mass is 371 g/mol. The molecule has 23 heavy (non-hydrogen) atoms. The Morgan fingerprint density at radius 2 is 2.00 bits per heavy atom. The number of carbonyl (C=O) groups is 1. The fourth-order valence-electron chi connectivity index (χ4n) is 2.51. The molecule has 3 rings (SSSR count). The minimum absolute atomic E-state index is 0.144. The van der Waals surface area contributed by atoms with Crippen LogP contribution in [0.25, 0.3) is 0 Å². The van der Waals surface area contributed by atoms with Crippen molar-refractivity contribution in [2.75, 3.05) is 13.1 Å². The fourth-order valence-corrected chi connectivity index (χ4v) is 3.74. The highest BCUT2D eigenvalue weighted by molar-refractivity contribution is 7.12. The molecule has 0 radical (unpaired) electrons. The maximum absolute atomic E-state index is 12.4. The zero-order chi connectivity index (χ0) is 16.4. The molecule has 0 aliphatic carbocycles. The van der Waals surface area contributed by atoms with E-state index in [0.29, 0.717) is 33.6 Å². The number of piperidine rings is 1. The van der Waals surface area contributed by atoms with Crippen LogP contribution in [0.4, 0.5) is 0 Å². The molecule has 4 nitrogen and oxygen atoms in total. The summed E-state index contributed by atoms with van der Waals surface area (Å²) in [5.41, 5.74) is 0. The quantitative estimate of drug-likeness (QED) is 0.894. The first-order chi connectivity index (χ1) is 11.0. The van der Waals surface area contributed by atoms with Crippen molar-refractivity contribution in [2.24, 2.45) is 0 Å². The molecule has 2 aromatic rings. The van der Waals surface area contributed by atoms with Crippen LogP contribution < -0.4 is 4.74 Å². The maximum Gasteiger partial charge on any atom is 0.265 e. The van der Waals surface area contributed by atoms with Crippen LogP contribution in [0.1, 0.15) is 16.1 Å². The molecule has 1 aliphatic rings. The van der Waals surface area contributed by atoms with Crippen molar-refractivity contribution >= 4 is 40.4 Å². The standard InChI is InChI=1S/C16H15Cl2NO3S/c17-10-1-3-11(4-2-10)22-14-5-7-19(9-13(14)20)16(21)15-12(18)6-8-23-15/h1-4,6,8,13-14,20H,5,7,9H2/t13-,14-/m1/s1. The Morgan fingerprint density at radius 3 is 2.61 bits per heavy atom. The largest absolute Gasteiger partial charge is 0.488 e. The van der Waals surface area contributed by atoms with E-state index in [-0.39, 0.29) is 18.6 Å². The number of halogens is 2. The van der Waals surface area contributed by atoms with Crippen LogP contribution in [0.3, 0.4) is 0 Å². The first kappa shape index (κ1) is 16.6. The summed E-state index contributed by atoms with van der Waals surface area (Å²) in [4.78, 5) is 14.5. The van der Waals surface area contributed by atoms with E-state index in [1.165, 1.54) is 11.3 Å². The summed E-state index contributed by atoms with van der Waals surface area (Å²) in [5.74, 6) is 0.508. The number of amides is 1. The van der Waals surface area contributed by atoms with E-state index in [1.54, 1.807) is 40.6 Å². The molecule has 2 atom stereocenters. The normalized spacial score (nSPS) is 21.3. The van der Waals surface area contributed by atoms with Crippen molar-refractivity contribution in [1.29, 1.82) is 0 Å². The van der Waals surface area contributed by atoms with Crippen molar-refractivity contribution in [3.8, 4) is 5.75 Å². The number of carbonyl (C=O) groups excluding carboxylic acids is 1. The lowest BCUT2D eigenvalue weighted by molar-refractivity contribution is -0.0197. The third-order valence-corrected chi connectivity index (χ3v) is 5.30. The summed E-state index contributed by atoms with van der Waals surface area (Å²) in [6, 6.07) is 8.70. The van der Waals surface area contributed by atoms with Gasteiger partial charge in [0.25, 0.3) is 5.91 Å². The average Bonchev–Trinajstić information content (AvgIpc) is 2.97. The minimum Gasteiger partial charge on any atom is -0.488 e. The Bertz CT molecular complexity index is 689. The van der Waals surface area contributed by atoms with E-state index < -0.39 is 6.10 Å². The van der Waals surface area contributed by atoms with Gasteiger partial charge >= 0.3 is 0 Å². The molecule has 1 saturated heterocycles. The second-order valence-corrected chi connectivity index (χ2v) is 7.07. The minimum atomic E-state index is -0.748. The van der Waals surface area contributed by atoms with Crippen LogP contribution in [0.15, 0.2) is 35.7 Å². The summed E-state index contributed by atoms with van der Waals surface area (Å²) in [6.07, 6.45) is -0.542. The number of rotatable bonds is 3. The van der Waals surface area contributed by atoms with Crippen LogP contribution in [0, 0.1) is 0 Å². The van der Waals surface area contributed by atoms with Gasteiger partial charge < -0.3 is 14.7 Å². The van der Waals surface area contributed by atoms with Crippen LogP contribution in [-0.2, 0) is 0 Å². The zero-order valence-electron chi connectivity index (χ0n) is 12.1. The number of benzene rings is 1. The van der Waals surface area contributed by atoms with Gasteiger partial charge in [-0.1, -0.05) is 23.2 Å². The highest BCUT2D eigenvalue weighted by Crippen LogP contribution is 2.26. The van der Waals surface area contributed by atoms with Gasteiger partial charge in [-0.05, 0) is 35.7 Å². The zero-order valence-corrected chi connectivity index (χ0v) is 14.4. The molecule has 0 bridgehead atoms. The molecule has 1 aromatic heterocycles. The molecule has 0 unspecified atom stereocenters. The van der Waals surface area contributed by atoms with E-state index in [2.05, 4.69) is 0 Å². The number of aliphatic hydroxyl groups excluding tert-OH is 1. The Balaban J connectivity index is 1.62. The number of likely N-dealkylation sites (tertiary alicyclic amines) is 1. The second kappa shape index (κ2) is 7.09. The van der Waals surface area contributed by atoms with Crippen LogP contribution >= 0.6 is 34.5 Å². The van der Waals surface area contributed by atoms with Crippen LogP contribution in [0.2, 0.25) is 10.0 Å². The SMILES string of the molecule is O=C(c1sccc1Cl)N1CC[C@@H](Oc2ccc(Cl)cc2)[C@H](O)C1.